The molecule has 1 N–H and O–H groups in total. The zero-order valence-corrected chi connectivity index (χ0v) is 9.24. The van der Waals surface area contributed by atoms with E-state index in [-0.39, 0.29) is 6.42 Å². The first-order valence-electron chi connectivity index (χ1n) is 4.87. The maximum atomic E-state index is 10.9. The molecule has 0 fully saturated rings. The Morgan fingerprint density at radius 3 is 2.94 bits per heavy atom. The Kier molecular flexibility index (Phi) is 4.80. The minimum atomic E-state index is -1.05. The van der Waals surface area contributed by atoms with Crippen LogP contribution < -0.4 is 0 Å². The maximum Gasteiger partial charge on any atom is 0.432 e. The van der Waals surface area contributed by atoms with Crippen molar-refractivity contribution in [2.75, 3.05) is 7.11 Å². The van der Waals surface area contributed by atoms with Crippen molar-refractivity contribution in [1.82, 2.24) is 4.98 Å². The topological polar surface area (TPSA) is 88.9 Å². The summed E-state index contributed by atoms with van der Waals surface area (Å²) in [6, 6.07) is 3.47. The molecule has 1 aromatic rings. The Morgan fingerprint density at radius 2 is 2.41 bits per heavy atom. The first-order chi connectivity index (χ1) is 8.13. The number of carboxylic acids is 1. The quantitative estimate of drug-likeness (QED) is 0.792. The molecule has 6 heteroatoms. The van der Waals surface area contributed by atoms with Gasteiger partial charge in [0.15, 0.2) is 0 Å². The molecule has 1 amide bonds. The van der Waals surface area contributed by atoms with Gasteiger partial charge in [-0.25, -0.2) is 4.79 Å². The number of ether oxygens (including phenoxy) is 1. The molecule has 1 atom stereocenters. The van der Waals surface area contributed by atoms with Crippen molar-refractivity contribution in [1.29, 1.82) is 0 Å². The van der Waals surface area contributed by atoms with Gasteiger partial charge in [-0.3, -0.25) is 9.78 Å². The normalized spacial score (nSPS) is 12.3. The van der Waals surface area contributed by atoms with E-state index in [9.17, 15) is 9.59 Å². The largest absolute Gasteiger partial charge is 0.481 e. The van der Waals surface area contributed by atoms with E-state index < -0.39 is 18.0 Å². The first-order valence-corrected chi connectivity index (χ1v) is 4.87. The lowest BCUT2D eigenvalue weighted by Gasteiger charge is -2.05. The van der Waals surface area contributed by atoms with Gasteiger partial charge in [0.2, 0.25) is 0 Å². The highest BCUT2D eigenvalue weighted by Gasteiger charge is 2.16. The van der Waals surface area contributed by atoms with Crippen LogP contribution in [0, 0.1) is 5.92 Å². The van der Waals surface area contributed by atoms with Crippen molar-refractivity contribution in [2.24, 2.45) is 10.9 Å². The minimum Gasteiger partial charge on any atom is -0.481 e. The number of hydrogen-bond acceptors (Lipinski definition) is 4. The molecule has 0 spiro atoms. The molecular weight excluding hydrogens is 224 g/mol. The molecule has 0 saturated carbocycles. The number of rotatable bonds is 4. The van der Waals surface area contributed by atoms with Gasteiger partial charge in [-0.15, -0.1) is 0 Å². The Hall–Kier alpha value is -2.24. The summed E-state index contributed by atoms with van der Waals surface area (Å²) in [5.41, 5.74) is 0.760. The Labute approximate surface area is 98.0 Å². The summed E-state index contributed by atoms with van der Waals surface area (Å²) >= 11 is 0. The molecule has 90 valence electrons. The van der Waals surface area contributed by atoms with E-state index >= 15 is 0 Å². The van der Waals surface area contributed by atoms with Crippen LogP contribution in [-0.2, 0) is 16.0 Å². The zero-order chi connectivity index (χ0) is 12.7. The van der Waals surface area contributed by atoms with Gasteiger partial charge in [0.05, 0.1) is 13.0 Å². The second-order valence-corrected chi connectivity index (χ2v) is 3.26. The molecule has 6 nitrogen and oxygen atoms in total. The van der Waals surface area contributed by atoms with Crippen LogP contribution in [0.1, 0.15) is 5.56 Å². The van der Waals surface area contributed by atoms with Crippen LogP contribution in [0.3, 0.4) is 0 Å². The van der Waals surface area contributed by atoms with Crippen LogP contribution in [0.5, 0.6) is 0 Å². The second kappa shape index (κ2) is 6.37. The third-order valence-electron chi connectivity index (χ3n) is 2.03. The molecule has 0 aliphatic rings. The number of amides is 1. The lowest BCUT2D eigenvalue weighted by Crippen LogP contribution is -2.18. The Balaban J connectivity index is 2.71. The molecule has 1 unspecified atom stereocenters. The van der Waals surface area contributed by atoms with E-state index in [0.717, 1.165) is 11.8 Å². The molecule has 0 aliphatic carbocycles. The van der Waals surface area contributed by atoms with E-state index in [0.29, 0.717) is 0 Å². The van der Waals surface area contributed by atoms with Gasteiger partial charge in [0, 0.05) is 18.6 Å². The SMILES string of the molecule is COC(=O)N=CC(Cc1cccnc1)C(=O)O. The average Bonchev–Trinajstić information content (AvgIpc) is 2.34. The number of aliphatic imine (C=N–C) groups is 1. The van der Waals surface area contributed by atoms with Crippen LogP contribution in [0.2, 0.25) is 0 Å². The van der Waals surface area contributed by atoms with Gasteiger partial charge in [0.1, 0.15) is 0 Å². The van der Waals surface area contributed by atoms with Crippen molar-refractivity contribution in [3.8, 4) is 0 Å². The van der Waals surface area contributed by atoms with E-state index in [1.165, 1.54) is 7.11 Å². The lowest BCUT2D eigenvalue weighted by molar-refractivity contribution is -0.139. The molecular formula is C11H12N2O4. The predicted octanol–water partition coefficient (Wildman–Crippen LogP) is 1.16. The number of carbonyl (C=O) groups is 2. The zero-order valence-electron chi connectivity index (χ0n) is 9.24. The number of carbonyl (C=O) groups excluding carboxylic acids is 1. The number of aliphatic carboxylic acids is 1. The molecule has 0 aromatic carbocycles. The Morgan fingerprint density at radius 1 is 1.65 bits per heavy atom. The summed E-state index contributed by atoms with van der Waals surface area (Å²) < 4.78 is 4.29. The molecule has 1 rings (SSSR count). The molecule has 0 saturated heterocycles. The second-order valence-electron chi connectivity index (χ2n) is 3.26. The first kappa shape index (κ1) is 12.8. The van der Waals surface area contributed by atoms with Crippen LogP contribution in [0.4, 0.5) is 4.79 Å². The van der Waals surface area contributed by atoms with Crippen molar-refractivity contribution >= 4 is 18.3 Å². The molecule has 17 heavy (non-hydrogen) atoms. The van der Waals surface area contributed by atoms with Crippen LogP contribution >= 0.6 is 0 Å². The number of nitrogens with zero attached hydrogens (tertiary/aromatic N) is 2. The van der Waals surface area contributed by atoms with Crippen molar-refractivity contribution in [3.05, 3.63) is 30.1 Å². The smallest absolute Gasteiger partial charge is 0.432 e. The van der Waals surface area contributed by atoms with Crippen LogP contribution in [0.25, 0.3) is 0 Å². The van der Waals surface area contributed by atoms with Gasteiger partial charge >= 0.3 is 12.1 Å². The standard InChI is InChI=1S/C11H12N2O4/c1-17-11(16)13-7-9(10(14)15)5-8-3-2-4-12-6-8/h2-4,6-7,9H,5H2,1H3,(H,14,15). The van der Waals surface area contributed by atoms with E-state index in [1.807, 2.05) is 0 Å². The van der Waals surface area contributed by atoms with E-state index in [4.69, 9.17) is 5.11 Å². The number of hydrogen-bond donors (Lipinski definition) is 1. The highest BCUT2D eigenvalue weighted by atomic mass is 16.5. The summed E-state index contributed by atoms with van der Waals surface area (Å²) in [4.78, 5) is 29.0. The summed E-state index contributed by atoms with van der Waals surface area (Å²) in [6.45, 7) is 0. The van der Waals surface area contributed by atoms with Crippen LogP contribution in [-0.4, -0.2) is 35.5 Å². The molecule has 1 aromatic heterocycles. The van der Waals surface area contributed by atoms with Crippen molar-refractivity contribution in [3.63, 3.8) is 0 Å². The maximum absolute atomic E-state index is 10.9. The number of pyridine rings is 1. The minimum absolute atomic E-state index is 0.226. The number of methoxy groups -OCH3 is 1. The van der Waals surface area contributed by atoms with E-state index in [2.05, 4.69) is 14.7 Å². The van der Waals surface area contributed by atoms with Crippen molar-refractivity contribution < 1.29 is 19.4 Å². The fourth-order valence-electron chi connectivity index (χ4n) is 1.18. The lowest BCUT2D eigenvalue weighted by atomic mass is 10.0. The molecule has 1 heterocycles. The highest BCUT2D eigenvalue weighted by molar-refractivity contribution is 5.93. The molecule has 0 radical (unpaired) electrons. The highest BCUT2D eigenvalue weighted by Crippen LogP contribution is 2.06. The summed E-state index contributed by atoms with van der Waals surface area (Å²) in [5, 5.41) is 8.96. The summed E-state index contributed by atoms with van der Waals surface area (Å²) in [6.07, 6.45) is 3.65. The fourth-order valence-corrected chi connectivity index (χ4v) is 1.18. The Bertz CT molecular complexity index is 417. The summed E-state index contributed by atoms with van der Waals surface area (Å²) in [5.74, 6) is -1.93. The molecule has 0 bridgehead atoms. The van der Waals surface area contributed by atoms with Gasteiger partial charge in [-0.1, -0.05) is 6.07 Å². The third kappa shape index (κ3) is 4.42. The van der Waals surface area contributed by atoms with Gasteiger partial charge < -0.3 is 9.84 Å². The predicted molar refractivity (Wildman–Crippen MR) is 60.0 cm³/mol. The van der Waals surface area contributed by atoms with Gasteiger partial charge in [-0.05, 0) is 18.1 Å². The third-order valence-corrected chi connectivity index (χ3v) is 2.03. The monoisotopic (exact) mass is 236 g/mol. The van der Waals surface area contributed by atoms with Gasteiger partial charge in [0.25, 0.3) is 0 Å². The fraction of sp³-hybridized carbons (Fsp3) is 0.273. The average molecular weight is 236 g/mol. The number of carboxylic acid groups (broad SMARTS) is 1. The molecule has 0 aliphatic heterocycles. The van der Waals surface area contributed by atoms with Crippen LogP contribution in [0.15, 0.2) is 29.5 Å². The van der Waals surface area contributed by atoms with Gasteiger partial charge in [-0.2, -0.15) is 4.99 Å². The van der Waals surface area contributed by atoms with E-state index in [1.54, 1.807) is 24.5 Å². The number of aromatic nitrogens is 1. The van der Waals surface area contributed by atoms with Crippen molar-refractivity contribution in [2.45, 2.75) is 6.42 Å². The summed E-state index contributed by atoms with van der Waals surface area (Å²) in [7, 11) is 1.18.